The van der Waals surface area contributed by atoms with Crippen molar-refractivity contribution >= 4 is 42.4 Å². The fourth-order valence-corrected chi connectivity index (χ4v) is 8.69. The number of anilines is 2. The van der Waals surface area contributed by atoms with Crippen LogP contribution in [0.5, 0.6) is 5.75 Å². The molecule has 0 amide bonds. The summed E-state index contributed by atoms with van der Waals surface area (Å²) in [4.78, 5) is 17.6. The third kappa shape index (κ3) is 10.0. The van der Waals surface area contributed by atoms with Crippen molar-refractivity contribution in [2.75, 3.05) is 62.4 Å². The SMILES string of the molecule is CCOP(=O)(OCC)OC[n+]1cnn(CC2(c3ccc(Cl)cc3Cl)OCC(COc3ccc(N4CCN(c5ccc(-n6cnn(C(C)CC)c6=O)cc5)CC4)cc3)O2)c1. The fourth-order valence-electron chi connectivity index (χ4n) is 7.00. The van der Waals surface area contributed by atoms with E-state index in [9.17, 15) is 9.36 Å². The molecule has 3 atom stereocenters. The van der Waals surface area contributed by atoms with Gasteiger partial charge in [-0.1, -0.05) is 36.2 Å². The lowest BCUT2D eigenvalue weighted by molar-refractivity contribution is -0.726. The number of hydrogen-bond donors (Lipinski definition) is 0. The van der Waals surface area contributed by atoms with Crippen LogP contribution in [-0.2, 0) is 46.7 Å². The number of benzene rings is 3. The molecule has 0 aliphatic carbocycles. The predicted molar refractivity (Wildman–Crippen MR) is 223 cm³/mol. The first kappa shape index (κ1) is 42.9. The number of halogens is 2. The summed E-state index contributed by atoms with van der Waals surface area (Å²) in [6, 6.07) is 21.3. The summed E-state index contributed by atoms with van der Waals surface area (Å²) in [5.41, 5.74) is 3.49. The maximum Gasteiger partial charge on any atom is 0.477 e. The van der Waals surface area contributed by atoms with E-state index in [0.29, 0.717) is 21.4 Å². The second kappa shape index (κ2) is 19.0. The minimum atomic E-state index is -3.72. The molecule has 0 N–H and O–H groups in total. The summed E-state index contributed by atoms with van der Waals surface area (Å²) in [5, 5.41) is 9.61. The van der Waals surface area contributed by atoms with Crippen LogP contribution in [0.2, 0.25) is 10.0 Å². The average Bonchev–Trinajstić information content (AvgIpc) is 3.98. The van der Waals surface area contributed by atoms with Crippen molar-refractivity contribution in [3.05, 3.63) is 112 Å². The highest BCUT2D eigenvalue weighted by Crippen LogP contribution is 2.49. The van der Waals surface area contributed by atoms with E-state index in [-0.39, 0.29) is 51.4 Å². The van der Waals surface area contributed by atoms with Crippen LogP contribution in [0.15, 0.2) is 90.5 Å². The molecule has 316 valence electrons. The van der Waals surface area contributed by atoms with Crippen molar-refractivity contribution in [1.29, 1.82) is 0 Å². The van der Waals surface area contributed by atoms with Crippen molar-refractivity contribution in [2.24, 2.45) is 0 Å². The number of piperazine rings is 1. The number of phosphoric ester groups is 1. The maximum atomic E-state index is 12.9. The van der Waals surface area contributed by atoms with E-state index in [2.05, 4.69) is 44.3 Å². The molecule has 0 spiro atoms. The van der Waals surface area contributed by atoms with Crippen molar-refractivity contribution in [1.82, 2.24) is 24.1 Å². The Hall–Kier alpha value is -4.25. The Balaban J connectivity index is 0.932. The van der Waals surface area contributed by atoms with Gasteiger partial charge in [0.1, 0.15) is 24.8 Å². The van der Waals surface area contributed by atoms with E-state index >= 15 is 0 Å². The van der Waals surface area contributed by atoms with Crippen molar-refractivity contribution in [2.45, 2.75) is 65.3 Å². The first-order valence-electron chi connectivity index (χ1n) is 19.7. The Labute approximate surface area is 353 Å². The summed E-state index contributed by atoms with van der Waals surface area (Å²) >= 11 is 12.9. The van der Waals surface area contributed by atoms with Crippen LogP contribution in [0.1, 0.15) is 45.7 Å². The molecule has 0 radical (unpaired) electrons. The Morgan fingerprint density at radius 1 is 0.898 bits per heavy atom. The van der Waals surface area contributed by atoms with Gasteiger partial charge < -0.3 is 24.0 Å². The van der Waals surface area contributed by atoms with E-state index < -0.39 is 19.7 Å². The number of hydrogen-bond acceptors (Lipinski definition) is 12. The molecule has 16 nitrogen and oxygen atoms in total. The van der Waals surface area contributed by atoms with Crippen LogP contribution in [0, 0.1) is 0 Å². The van der Waals surface area contributed by atoms with Gasteiger partial charge in [0, 0.05) is 53.2 Å². The third-order valence-corrected chi connectivity index (χ3v) is 12.4. The lowest BCUT2D eigenvalue weighted by atomic mass is 10.1. The largest absolute Gasteiger partial charge is 0.491 e. The average molecular weight is 873 g/mol. The third-order valence-electron chi connectivity index (χ3n) is 10.3. The lowest BCUT2D eigenvalue weighted by Crippen LogP contribution is -2.46. The Bertz CT molecular complexity index is 2250. The first-order valence-corrected chi connectivity index (χ1v) is 22.0. The zero-order chi connectivity index (χ0) is 41.6. The molecule has 59 heavy (non-hydrogen) atoms. The van der Waals surface area contributed by atoms with E-state index in [4.69, 9.17) is 51.0 Å². The second-order valence-electron chi connectivity index (χ2n) is 14.2. The van der Waals surface area contributed by atoms with E-state index in [1.54, 1.807) is 58.5 Å². The van der Waals surface area contributed by atoms with Gasteiger partial charge in [0.2, 0.25) is 12.1 Å². The minimum absolute atomic E-state index is 0.0499. The molecule has 2 aromatic heterocycles. The van der Waals surface area contributed by atoms with Crippen molar-refractivity contribution in [3.63, 3.8) is 0 Å². The van der Waals surface area contributed by atoms with Gasteiger partial charge in [-0.05, 0) is 87.9 Å². The lowest BCUT2D eigenvalue weighted by Gasteiger charge is -2.37. The van der Waals surface area contributed by atoms with Crippen LogP contribution in [0.25, 0.3) is 5.69 Å². The topological polar surface area (TPSA) is 140 Å². The van der Waals surface area contributed by atoms with Gasteiger partial charge in [0.05, 0.1) is 36.6 Å². The van der Waals surface area contributed by atoms with Gasteiger partial charge in [0.15, 0.2) is 13.3 Å². The minimum Gasteiger partial charge on any atom is -0.491 e. The number of nitrogens with zero attached hydrogens (tertiary/aromatic N) is 8. The monoisotopic (exact) mass is 871 g/mol. The van der Waals surface area contributed by atoms with Gasteiger partial charge >= 0.3 is 13.5 Å². The number of aromatic nitrogens is 6. The van der Waals surface area contributed by atoms with Crippen molar-refractivity contribution in [3.8, 4) is 11.4 Å². The van der Waals surface area contributed by atoms with E-state index in [1.165, 1.54) is 11.0 Å². The molecule has 7 rings (SSSR count). The molecule has 2 aliphatic rings. The molecule has 2 fully saturated rings. The number of rotatable bonds is 18. The Kier molecular flexibility index (Phi) is 13.8. The number of phosphoric acid groups is 1. The second-order valence-corrected chi connectivity index (χ2v) is 16.7. The van der Waals surface area contributed by atoms with Crippen molar-refractivity contribution < 1.29 is 36.9 Å². The molecular formula is C40H50Cl2N8O8P+. The molecule has 3 aromatic carbocycles. The quantitative estimate of drug-likeness (QED) is 0.0690. The van der Waals surface area contributed by atoms with Crippen LogP contribution >= 0.6 is 31.0 Å². The fraction of sp³-hybridized carbons (Fsp3) is 0.450. The predicted octanol–water partition coefficient (Wildman–Crippen LogP) is 6.63. The van der Waals surface area contributed by atoms with Gasteiger partial charge in [-0.3, -0.25) is 13.6 Å². The van der Waals surface area contributed by atoms with Crippen LogP contribution in [-0.4, -0.2) is 82.8 Å². The van der Waals surface area contributed by atoms with Gasteiger partial charge in [-0.2, -0.15) is 5.10 Å². The highest BCUT2D eigenvalue weighted by atomic mass is 35.5. The normalized spacial score (nSPS) is 19.1. The first-order chi connectivity index (χ1) is 28.5. The molecule has 5 aromatic rings. The van der Waals surface area contributed by atoms with E-state index in [1.807, 2.05) is 38.1 Å². The van der Waals surface area contributed by atoms with Gasteiger partial charge in [-0.25, -0.2) is 23.2 Å². The molecular weight excluding hydrogens is 822 g/mol. The molecule has 0 saturated carbocycles. The van der Waals surface area contributed by atoms with Crippen LogP contribution in [0.3, 0.4) is 0 Å². The molecule has 0 bridgehead atoms. The summed E-state index contributed by atoms with van der Waals surface area (Å²) in [5.74, 6) is -0.603. The van der Waals surface area contributed by atoms with Gasteiger partial charge in [0.25, 0.3) is 6.33 Å². The maximum absolute atomic E-state index is 12.9. The standard InChI is InChI=1S/C40H50Cl2N8O8P/c1-5-30(4)50-39(51)49(27-44-50)34-11-9-32(10-12-34)46-18-20-47(21-19-46)33-13-15-35(16-14-33)53-23-36-24-54-40(58-36,37-17-8-31(41)22-38(37)42)25-48-28-45(26-43-48)29-57-59(52,55-6-2)56-7-3/h8-17,22,26-28,30,36H,5-7,18-21,23-25,29H2,1-4H3/q+1. The van der Waals surface area contributed by atoms with Crippen LogP contribution in [0.4, 0.5) is 11.4 Å². The number of ether oxygens (including phenoxy) is 3. The smallest absolute Gasteiger partial charge is 0.477 e. The zero-order valence-corrected chi connectivity index (χ0v) is 36.0. The highest BCUT2D eigenvalue weighted by Gasteiger charge is 2.47. The molecule has 2 saturated heterocycles. The molecule has 4 heterocycles. The summed E-state index contributed by atoms with van der Waals surface area (Å²) in [6.07, 6.45) is 5.19. The molecule has 19 heteroatoms. The molecule has 2 aliphatic heterocycles. The zero-order valence-electron chi connectivity index (χ0n) is 33.6. The van der Waals surface area contributed by atoms with E-state index in [0.717, 1.165) is 49.7 Å². The highest BCUT2D eigenvalue weighted by molar-refractivity contribution is 7.48. The Morgan fingerprint density at radius 2 is 1.54 bits per heavy atom. The summed E-state index contributed by atoms with van der Waals surface area (Å²) < 4.78 is 54.2. The summed E-state index contributed by atoms with van der Waals surface area (Å²) in [6.45, 7) is 11.7. The Morgan fingerprint density at radius 3 is 2.17 bits per heavy atom. The van der Waals surface area contributed by atoms with Crippen LogP contribution < -0.4 is 24.8 Å². The van der Waals surface area contributed by atoms with Gasteiger partial charge in [-0.15, -0.1) is 4.68 Å². The molecule has 3 unspecified atom stereocenters. The summed E-state index contributed by atoms with van der Waals surface area (Å²) in [7, 11) is -3.72.